The van der Waals surface area contributed by atoms with E-state index in [1.807, 2.05) is 0 Å². The molecular formula is C16H22BrNO6S. The standard InChI is InChI=1S/C16H22BrNO6S/c1-15(2,3)13(19)24-18(14(20)23-16(4,5)6)25(21,22)12-10-8-7-9-11(12)17/h7-10H,1-6H3. The molecule has 0 unspecified atom stereocenters. The highest BCUT2D eigenvalue weighted by Crippen LogP contribution is 2.28. The molecule has 9 heteroatoms. The Hall–Kier alpha value is -1.61. The van der Waals surface area contributed by atoms with Crippen molar-refractivity contribution >= 4 is 38.0 Å². The van der Waals surface area contributed by atoms with Gasteiger partial charge in [-0.1, -0.05) is 12.1 Å². The van der Waals surface area contributed by atoms with Gasteiger partial charge in [-0.15, -0.1) is 0 Å². The zero-order valence-corrected chi connectivity index (χ0v) is 17.4. The summed E-state index contributed by atoms with van der Waals surface area (Å²) in [6, 6.07) is 5.87. The summed E-state index contributed by atoms with van der Waals surface area (Å²) in [6.07, 6.45) is -1.30. The molecule has 0 saturated carbocycles. The summed E-state index contributed by atoms with van der Waals surface area (Å²) in [6.45, 7) is 9.31. The van der Waals surface area contributed by atoms with Gasteiger partial charge < -0.3 is 9.57 Å². The number of nitrogens with zero attached hydrogens (tertiary/aromatic N) is 1. The second kappa shape index (κ2) is 7.33. The van der Waals surface area contributed by atoms with E-state index in [4.69, 9.17) is 9.57 Å². The Bertz CT molecular complexity index is 762. The smallest absolute Gasteiger partial charge is 0.441 e. The molecule has 0 fully saturated rings. The number of hydrogen-bond donors (Lipinski definition) is 0. The first-order valence-corrected chi connectivity index (χ1v) is 9.65. The number of halogens is 1. The summed E-state index contributed by atoms with van der Waals surface area (Å²) in [7, 11) is -4.49. The van der Waals surface area contributed by atoms with Crippen molar-refractivity contribution in [3.05, 3.63) is 28.7 Å². The molecule has 7 nitrogen and oxygen atoms in total. The number of benzene rings is 1. The molecule has 0 radical (unpaired) electrons. The fourth-order valence-electron chi connectivity index (χ4n) is 1.44. The Kier molecular flexibility index (Phi) is 6.28. The lowest BCUT2D eigenvalue weighted by molar-refractivity contribution is -0.176. The molecule has 1 aromatic carbocycles. The summed E-state index contributed by atoms with van der Waals surface area (Å²) < 4.78 is 31.0. The fraction of sp³-hybridized carbons (Fsp3) is 0.500. The first-order valence-electron chi connectivity index (χ1n) is 7.41. The monoisotopic (exact) mass is 435 g/mol. The summed E-state index contributed by atoms with van der Waals surface area (Å²) >= 11 is 3.12. The second-order valence-corrected chi connectivity index (χ2v) is 9.85. The van der Waals surface area contributed by atoms with E-state index in [9.17, 15) is 18.0 Å². The maximum atomic E-state index is 12.9. The van der Waals surface area contributed by atoms with Crippen molar-refractivity contribution in [2.24, 2.45) is 5.41 Å². The molecule has 140 valence electrons. The van der Waals surface area contributed by atoms with Crippen molar-refractivity contribution in [1.82, 2.24) is 4.47 Å². The predicted octanol–water partition coefficient (Wildman–Crippen LogP) is 3.88. The average Bonchev–Trinajstić information content (AvgIpc) is 2.41. The van der Waals surface area contributed by atoms with Crippen LogP contribution in [0.25, 0.3) is 0 Å². The first-order chi connectivity index (χ1) is 11.2. The molecule has 1 amide bonds. The van der Waals surface area contributed by atoms with E-state index in [0.717, 1.165) is 0 Å². The van der Waals surface area contributed by atoms with Crippen LogP contribution in [0.15, 0.2) is 33.6 Å². The molecule has 1 aromatic rings. The topological polar surface area (TPSA) is 90.0 Å². The largest absolute Gasteiger partial charge is 0.459 e. The van der Waals surface area contributed by atoms with Gasteiger partial charge in [0.2, 0.25) is 0 Å². The van der Waals surface area contributed by atoms with Gasteiger partial charge in [0, 0.05) is 4.47 Å². The lowest BCUT2D eigenvalue weighted by Gasteiger charge is -2.27. The van der Waals surface area contributed by atoms with E-state index in [-0.39, 0.29) is 13.8 Å². The quantitative estimate of drug-likeness (QED) is 0.654. The summed E-state index contributed by atoms with van der Waals surface area (Å²) in [4.78, 5) is 29.2. The van der Waals surface area contributed by atoms with Crippen LogP contribution in [0.1, 0.15) is 41.5 Å². The van der Waals surface area contributed by atoms with E-state index in [0.29, 0.717) is 0 Å². The van der Waals surface area contributed by atoms with E-state index in [2.05, 4.69) is 15.9 Å². The van der Waals surface area contributed by atoms with Crippen LogP contribution in [0, 0.1) is 5.41 Å². The molecule has 25 heavy (non-hydrogen) atoms. The van der Waals surface area contributed by atoms with Crippen LogP contribution < -0.4 is 0 Å². The van der Waals surface area contributed by atoms with Crippen molar-refractivity contribution in [3.8, 4) is 0 Å². The maximum absolute atomic E-state index is 12.9. The molecular weight excluding hydrogens is 414 g/mol. The molecule has 0 bridgehead atoms. The predicted molar refractivity (Wildman–Crippen MR) is 94.9 cm³/mol. The van der Waals surface area contributed by atoms with Gasteiger partial charge in [-0.05, 0) is 74.1 Å². The van der Waals surface area contributed by atoms with Gasteiger partial charge in [-0.25, -0.2) is 9.59 Å². The minimum absolute atomic E-state index is 0.00801. The Labute approximate surface area is 156 Å². The number of ether oxygens (including phenoxy) is 1. The van der Waals surface area contributed by atoms with Gasteiger partial charge in [0.1, 0.15) is 10.5 Å². The number of carbonyl (C=O) groups excluding carboxylic acids is 2. The number of amides is 1. The summed E-state index contributed by atoms with van der Waals surface area (Å²) in [5, 5.41) is 0. The highest BCUT2D eigenvalue weighted by atomic mass is 79.9. The zero-order chi connectivity index (χ0) is 19.6. The van der Waals surface area contributed by atoms with Gasteiger partial charge in [0.05, 0.1) is 5.41 Å². The molecule has 0 atom stereocenters. The van der Waals surface area contributed by atoms with Gasteiger partial charge in [0.25, 0.3) is 0 Å². The van der Waals surface area contributed by atoms with Crippen molar-refractivity contribution < 1.29 is 27.6 Å². The SMILES string of the molecule is CC(C)(C)OC(=O)N(OC(=O)C(C)(C)C)S(=O)(=O)c1ccccc1Br. The first kappa shape index (κ1) is 21.4. The van der Waals surface area contributed by atoms with Crippen molar-refractivity contribution in [1.29, 1.82) is 0 Å². The number of carbonyl (C=O) groups is 2. The van der Waals surface area contributed by atoms with Crippen molar-refractivity contribution in [3.63, 3.8) is 0 Å². The minimum atomic E-state index is -4.49. The van der Waals surface area contributed by atoms with E-state index in [1.54, 1.807) is 26.8 Å². The van der Waals surface area contributed by atoms with Crippen LogP contribution in [0.2, 0.25) is 0 Å². The highest BCUT2D eigenvalue weighted by Gasteiger charge is 2.40. The van der Waals surface area contributed by atoms with Crippen molar-refractivity contribution in [2.45, 2.75) is 52.0 Å². The number of sulfonamides is 1. The third kappa shape index (κ3) is 5.71. The lowest BCUT2D eigenvalue weighted by atomic mass is 9.98. The normalized spacial score (nSPS) is 12.4. The second-order valence-electron chi connectivity index (χ2n) is 7.27. The Balaban J connectivity index is 3.38. The van der Waals surface area contributed by atoms with Crippen LogP contribution >= 0.6 is 15.9 Å². The Morgan fingerprint density at radius 3 is 2.00 bits per heavy atom. The van der Waals surface area contributed by atoms with Crippen LogP contribution in [0.4, 0.5) is 4.79 Å². The number of rotatable bonds is 2. The van der Waals surface area contributed by atoms with Crippen LogP contribution in [0.3, 0.4) is 0 Å². The summed E-state index contributed by atoms with van der Waals surface area (Å²) in [5.74, 6) is -0.894. The average molecular weight is 436 g/mol. The molecule has 0 aliphatic carbocycles. The van der Waals surface area contributed by atoms with Crippen molar-refractivity contribution in [2.75, 3.05) is 0 Å². The van der Waals surface area contributed by atoms with Crippen LogP contribution in [-0.2, 0) is 24.4 Å². The van der Waals surface area contributed by atoms with E-state index in [1.165, 1.54) is 39.0 Å². The Morgan fingerprint density at radius 1 is 1.04 bits per heavy atom. The minimum Gasteiger partial charge on any atom is -0.441 e. The number of hydroxylamine groups is 1. The molecule has 0 aliphatic heterocycles. The number of hydrogen-bond acceptors (Lipinski definition) is 6. The third-order valence-electron chi connectivity index (χ3n) is 2.65. The molecule has 0 N–H and O–H groups in total. The molecule has 0 aliphatic rings. The Morgan fingerprint density at radius 2 is 1.56 bits per heavy atom. The van der Waals surface area contributed by atoms with E-state index >= 15 is 0 Å². The molecule has 0 heterocycles. The zero-order valence-electron chi connectivity index (χ0n) is 15.0. The fourth-order valence-corrected chi connectivity index (χ4v) is 3.48. The lowest BCUT2D eigenvalue weighted by Crippen LogP contribution is -2.44. The molecule has 0 aromatic heterocycles. The molecule has 0 spiro atoms. The van der Waals surface area contributed by atoms with Gasteiger partial charge >= 0.3 is 22.1 Å². The van der Waals surface area contributed by atoms with Crippen LogP contribution in [-0.4, -0.2) is 30.5 Å². The van der Waals surface area contributed by atoms with Gasteiger partial charge in [-0.2, -0.15) is 8.42 Å². The van der Waals surface area contributed by atoms with Crippen LogP contribution in [0.5, 0.6) is 0 Å². The van der Waals surface area contributed by atoms with Gasteiger partial charge in [-0.3, -0.25) is 0 Å². The summed E-state index contributed by atoms with van der Waals surface area (Å²) in [5.41, 5.74) is -2.00. The molecule has 1 rings (SSSR count). The third-order valence-corrected chi connectivity index (χ3v) is 5.18. The van der Waals surface area contributed by atoms with E-state index < -0.39 is 33.1 Å². The maximum Gasteiger partial charge on any atom is 0.459 e. The van der Waals surface area contributed by atoms with Gasteiger partial charge in [0.15, 0.2) is 0 Å². The highest BCUT2D eigenvalue weighted by molar-refractivity contribution is 9.10. The molecule has 0 saturated heterocycles.